The van der Waals surface area contributed by atoms with Crippen molar-refractivity contribution in [3.63, 3.8) is 0 Å². The molecule has 2 aliphatic heterocycles. The van der Waals surface area contributed by atoms with Crippen LogP contribution < -0.4 is 0 Å². The van der Waals surface area contributed by atoms with Gasteiger partial charge in [-0.15, -0.1) is 0 Å². The van der Waals surface area contributed by atoms with Crippen LogP contribution in [0.5, 0.6) is 0 Å². The monoisotopic (exact) mass is 184 g/mol. The predicted molar refractivity (Wildman–Crippen MR) is 61.2 cm³/mol. The first kappa shape index (κ1) is 8.88. The Labute approximate surface area is 83.8 Å². The summed E-state index contributed by atoms with van der Waals surface area (Å²) in [6.45, 7) is 9.04. The lowest BCUT2D eigenvalue weighted by atomic mass is 10.1. The molecule has 0 atom stereocenters. The molecule has 70 valence electrons. The summed E-state index contributed by atoms with van der Waals surface area (Å²) >= 11 is 0. The predicted octanol–water partition coefficient (Wildman–Crippen LogP) is 2.12. The summed E-state index contributed by atoms with van der Waals surface area (Å²) in [7, 11) is 0. The van der Waals surface area contributed by atoms with Crippen LogP contribution in [-0.2, 0) is 0 Å². The van der Waals surface area contributed by atoms with Crippen molar-refractivity contribution in [1.82, 2.24) is 0 Å². The second-order valence-electron chi connectivity index (χ2n) is 3.39. The van der Waals surface area contributed by atoms with E-state index in [1.165, 1.54) is 0 Å². The second-order valence-corrected chi connectivity index (χ2v) is 3.39. The molecule has 14 heavy (non-hydrogen) atoms. The summed E-state index contributed by atoms with van der Waals surface area (Å²) in [5.74, 6) is 0. The molecule has 2 heteroatoms. The summed E-state index contributed by atoms with van der Waals surface area (Å²) in [6, 6.07) is 0. The van der Waals surface area contributed by atoms with E-state index in [2.05, 4.69) is 23.1 Å². The minimum absolute atomic E-state index is 0.680. The van der Waals surface area contributed by atoms with Gasteiger partial charge in [-0.1, -0.05) is 25.3 Å². The van der Waals surface area contributed by atoms with Crippen LogP contribution in [-0.4, -0.2) is 24.5 Å². The Bertz CT molecular complexity index is 366. The molecule has 2 nitrogen and oxygen atoms in total. The minimum Gasteiger partial charge on any atom is -0.278 e. The van der Waals surface area contributed by atoms with Crippen LogP contribution in [0.25, 0.3) is 0 Å². The summed E-state index contributed by atoms with van der Waals surface area (Å²) in [6.07, 6.45) is 7.90. The van der Waals surface area contributed by atoms with E-state index in [9.17, 15) is 0 Å². The maximum Gasteiger partial charge on any atom is 0.0830 e. The highest BCUT2D eigenvalue weighted by Gasteiger charge is 2.08. The van der Waals surface area contributed by atoms with Crippen molar-refractivity contribution in [2.45, 2.75) is 0 Å². The topological polar surface area (TPSA) is 24.7 Å². The fourth-order valence-electron chi connectivity index (χ4n) is 1.31. The van der Waals surface area contributed by atoms with Gasteiger partial charge in [0.1, 0.15) is 0 Å². The summed E-state index contributed by atoms with van der Waals surface area (Å²) in [5, 5.41) is 0. The van der Waals surface area contributed by atoms with E-state index in [-0.39, 0.29) is 0 Å². The van der Waals surface area contributed by atoms with E-state index in [0.29, 0.717) is 13.1 Å². The third-order valence-electron chi connectivity index (χ3n) is 2.12. The Kier molecular flexibility index (Phi) is 2.27. The van der Waals surface area contributed by atoms with Crippen molar-refractivity contribution in [3.8, 4) is 0 Å². The molecule has 2 rings (SSSR count). The number of dihydropyridines is 2. The van der Waals surface area contributed by atoms with Gasteiger partial charge in [0.05, 0.1) is 24.5 Å². The number of aliphatic imine (C=N–C) groups is 2. The number of hydrogen-bond acceptors (Lipinski definition) is 2. The van der Waals surface area contributed by atoms with Crippen molar-refractivity contribution in [2.24, 2.45) is 9.98 Å². The zero-order valence-corrected chi connectivity index (χ0v) is 8.03. The van der Waals surface area contributed by atoms with Gasteiger partial charge < -0.3 is 0 Å². The normalized spacial score (nSPS) is 20.9. The zero-order valence-electron chi connectivity index (χ0n) is 8.03. The van der Waals surface area contributed by atoms with Gasteiger partial charge >= 0.3 is 0 Å². The van der Waals surface area contributed by atoms with Crippen molar-refractivity contribution in [2.75, 3.05) is 13.1 Å². The molecule has 0 radical (unpaired) electrons. The average Bonchev–Trinajstić information content (AvgIpc) is 2.21. The molecule has 2 heterocycles. The van der Waals surface area contributed by atoms with Gasteiger partial charge in [-0.3, -0.25) is 9.98 Å². The quantitative estimate of drug-likeness (QED) is 0.596. The Hall–Kier alpha value is -1.70. The zero-order chi connectivity index (χ0) is 9.97. The highest BCUT2D eigenvalue weighted by Crippen LogP contribution is 2.08. The largest absolute Gasteiger partial charge is 0.278 e. The van der Waals surface area contributed by atoms with Crippen LogP contribution in [0.1, 0.15) is 0 Å². The van der Waals surface area contributed by atoms with Crippen LogP contribution in [0.4, 0.5) is 0 Å². The van der Waals surface area contributed by atoms with Gasteiger partial charge in [0.15, 0.2) is 0 Å². The van der Waals surface area contributed by atoms with Gasteiger partial charge in [0, 0.05) is 0 Å². The molecule has 0 aromatic heterocycles. The smallest absolute Gasteiger partial charge is 0.0830 e. The maximum atomic E-state index is 4.38. The van der Waals surface area contributed by atoms with Gasteiger partial charge in [-0.2, -0.15) is 0 Å². The van der Waals surface area contributed by atoms with Crippen LogP contribution in [0.3, 0.4) is 0 Å². The minimum atomic E-state index is 0.680. The highest BCUT2D eigenvalue weighted by molar-refractivity contribution is 6.50. The highest BCUT2D eigenvalue weighted by atomic mass is 14.8. The molecule has 0 N–H and O–H groups in total. The molecule has 2 aliphatic rings. The molecule has 0 saturated heterocycles. The van der Waals surface area contributed by atoms with Gasteiger partial charge in [-0.05, 0) is 23.3 Å². The number of hydrogen-bond donors (Lipinski definition) is 0. The van der Waals surface area contributed by atoms with Crippen LogP contribution >= 0.6 is 0 Å². The van der Waals surface area contributed by atoms with E-state index >= 15 is 0 Å². The van der Waals surface area contributed by atoms with Gasteiger partial charge in [-0.25, -0.2) is 0 Å². The van der Waals surface area contributed by atoms with Gasteiger partial charge in [0.2, 0.25) is 0 Å². The maximum absolute atomic E-state index is 4.38. The molecular weight excluding hydrogens is 172 g/mol. The molecule has 0 bridgehead atoms. The fraction of sp³-hybridized carbons (Fsp3) is 0.167. The van der Waals surface area contributed by atoms with Crippen molar-refractivity contribution >= 4 is 11.4 Å². The van der Waals surface area contributed by atoms with Crippen LogP contribution in [0.15, 0.2) is 58.6 Å². The van der Waals surface area contributed by atoms with Crippen molar-refractivity contribution in [1.29, 1.82) is 0 Å². The molecule has 0 fully saturated rings. The summed E-state index contributed by atoms with van der Waals surface area (Å²) in [5.41, 5.74) is 3.97. The molecule has 0 aliphatic carbocycles. The molecule has 0 unspecified atom stereocenters. The Morgan fingerprint density at radius 3 is 1.50 bits per heavy atom. The van der Waals surface area contributed by atoms with E-state index in [0.717, 1.165) is 22.6 Å². The molecular formula is C12H12N2. The fourth-order valence-corrected chi connectivity index (χ4v) is 1.31. The van der Waals surface area contributed by atoms with Crippen molar-refractivity contribution < 1.29 is 0 Å². The molecule has 0 amide bonds. The molecule has 0 aromatic carbocycles. The Morgan fingerprint density at radius 2 is 1.21 bits per heavy atom. The lowest BCUT2D eigenvalue weighted by Crippen LogP contribution is -2.15. The van der Waals surface area contributed by atoms with E-state index < -0.39 is 0 Å². The second kappa shape index (κ2) is 3.58. The Morgan fingerprint density at radius 1 is 0.786 bits per heavy atom. The molecule has 0 spiro atoms. The average molecular weight is 184 g/mol. The third kappa shape index (κ3) is 1.79. The molecule has 0 aromatic rings. The van der Waals surface area contributed by atoms with E-state index in [4.69, 9.17) is 0 Å². The Balaban J connectivity index is 2.18. The van der Waals surface area contributed by atoms with Gasteiger partial charge in [0.25, 0.3) is 0 Å². The number of rotatable bonds is 1. The van der Waals surface area contributed by atoms with E-state index in [1.807, 2.05) is 24.3 Å². The summed E-state index contributed by atoms with van der Waals surface area (Å²) in [4.78, 5) is 8.76. The lowest BCUT2D eigenvalue weighted by molar-refractivity contribution is 1.16. The number of nitrogens with zero attached hydrogens (tertiary/aromatic N) is 2. The standard InChI is InChI=1S/C12H12N2/c1-9-3-5-11(13-7-9)12-6-4-10(2)8-14-12/h3-6H,1-2,7-8H2. The number of allylic oxidation sites excluding steroid dienone is 2. The van der Waals surface area contributed by atoms with Crippen LogP contribution in [0, 0.1) is 0 Å². The molecule has 0 saturated carbocycles. The summed E-state index contributed by atoms with van der Waals surface area (Å²) < 4.78 is 0. The first-order valence-electron chi connectivity index (χ1n) is 4.57. The van der Waals surface area contributed by atoms with E-state index in [1.54, 1.807) is 0 Å². The van der Waals surface area contributed by atoms with Crippen molar-refractivity contribution in [3.05, 3.63) is 48.6 Å². The lowest BCUT2D eigenvalue weighted by Gasteiger charge is -2.11. The first-order chi connectivity index (χ1) is 6.75. The first-order valence-corrected chi connectivity index (χ1v) is 4.57. The SMILES string of the molecule is C=C1C=CC(C2=NCC(=C)C=C2)=NC1. The van der Waals surface area contributed by atoms with Crippen LogP contribution in [0.2, 0.25) is 0 Å². The third-order valence-corrected chi connectivity index (χ3v) is 2.12.